The standard InChI is InChI=1S/C6H16N2O2S/c1-4-7(2)5-6-8(3)11(9)10/h4-6H2,1-3H3,(H,9,10). The molecule has 0 aliphatic rings. The van der Waals surface area contributed by atoms with Gasteiger partial charge in [-0.1, -0.05) is 6.92 Å². The first-order chi connectivity index (χ1) is 5.07. The van der Waals surface area contributed by atoms with Crippen molar-refractivity contribution in [2.75, 3.05) is 33.7 Å². The van der Waals surface area contributed by atoms with Gasteiger partial charge in [-0.2, -0.15) is 0 Å². The Morgan fingerprint density at radius 2 is 1.91 bits per heavy atom. The monoisotopic (exact) mass is 180 g/mol. The minimum absolute atomic E-state index is 0.619. The third kappa shape index (κ3) is 5.32. The maximum absolute atomic E-state index is 10.4. The van der Waals surface area contributed by atoms with E-state index in [1.807, 2.05) is 7.05 Å². The summed E-state index contributed by atoms with van der Waals surface area (Å²) in [5.74, 6) is 0. The van der Waals surface area contributed by atoms with Crippen LogP contribution < -0.4 is 0 Å². The third-order valence-electron chi connectivity index (χ3n) is 1.60. The van der Waals surface area contributed by atoms with Crippen LogP contribution in [0.4, 0.5) is 0 Å². The molecule has 1 unspecified atom stereocenters. The van der Waals surface area contributed by atoms with Crippen LogP contribution in [0.1, 0.15) is 6.92 Å². The van der Waals surface area contributed by atoms with Crippen LogP contribution >= 0.6 is 0 Å². The molecule has 1 atom stereocenters. The third-order valence-corrected chi connectivity index (χ3v) is 2.32. The maximum Gasteiger partial charge on any atom is 0.234 e. The number of rotatable bonds is 5. The number of hydrogen-bond acceptors (Lipinski definition) is 2. The van der Waals surface area contributed by atoms with E-state index in [1.165, 1.54) is 4.31 Å². The van der Waals surface area contributed by atoms with Gasteiger partial charge in [0.2, 0.25) is 11.3 Å². The number of likely N-dealkylation sites (N-methyl/N-ethyl adjacent to an activating group) is 2. The zero-order valence-electron chi connectivity index (χ0n) is 7.28. The van der Waals surface area contributed by atoms with E-state index in [0.717, 1.165) is 13.1 Å². The summed E-state index contributed by atoms with van der Waals surface area (Å²) in [5.41, 5.74) is 0. The van der Waals surface area contributed by atoms with E-state index in [4.69, 9.17) is 4.55 Å². The smallest absolute Gasteiger partial charge is 0.234 e. The molecule has 0 aliphatic carbocycles. The van der Waals surface area contributed by atoms with Gasteiger partial charge in [-0.25, -0.2) is 8.51 Å². The second-order valence-electron chi connectivity index (χ2n) is 2.48. The predicted molar refractivity (Wildman–Crippen MR) is 46.6 cm³/mol. The molecule has 0 aromatic carbocycles. The molecule has 1 N–H and O–H groups in total. The van der Waals surface area contributed by atoms with Crippen molar-refractivity contribution in [1.29, 1.82) is 0 Å². The molecular weight excluding hydrogens is 164 g/mol. The van der Waals surface area contributed by atoms with Gasteiger partial charge in [0, 0.05) is 20.1 Å². The van der Waals surface area contributed by atoms with E-state index in [1.54, 1.807) is 7.05 Å². The largest absolute Gasteiger partial charge is 0.305 e. The molecule has 0 radical (unpaired) electrons. The van der Waals surface area contributed by atoms with Gasteiger partial charge in [-0.3, -0.25) is 4.55 Å². The van der Waals surface area contributed by atoms with Crippen molar-refractivity contribution in [1.82, 2.24) is 9.21 Å². The molecule has 0 spiro atoms. The van der Waals surface area contributed by atoms with Gasteiger partial charge in [-0.05, 0) is 13.6 Å². The van der Waals surface area contributed by atoms with Gasteiger partial charge in [-0.15, -0.1) is 0 Å². The number of nitrogens with zero attached hydrogens (tertiary/aromatic N) is 2. The van der Waals surface area contributed by atoms with Gasteiger partial charge < -0.3 is 4.90 Å². The fourth-order valence-electron chi connectivity index (χ4n) is 0.548. The molecule has 0 aromatic heterocycles. The summed E-state index contributed by atoms with van der Waals surface area (Å²) < 4.78 is 20.4. The fourth-order valence-corrected chi connectivity index (χ4v) is 0.786. The molecular formula is C6H16N2O2S. The van der Waals surface area contributed by atoms with Crippen LogP contribution in [0.5, 0.6) is 0 Å². The first-order valence-corrected chi connectivity index (χ1v) is 4.65. The molecule has 0 heterocycles. The molecule has 11 heavy (non-hydrogen) atoms. The summed E-state index contributed by atoms with van der Waals surface area (Å²) in [7, 11) is 3.60. The molecule has 5 heteroatoms. The van der Waals surface area contributed by atoms with Crippen molar-refractivity contribution in [3.63, 3.8) is 0 Å². The average Bonchev–Trinajstić information content (AvgIpc) is 1.99. The van der Waals surface area contributed by atoms with Gasteiger partial charge >= 0.3 is 0 Å². The molecule has 0 amide bonds. The second-order valence-corrected chi connectivity index (χ2v) is 3.56. The SMILES string of the molecule is CCN(C)CCN(C)S(=O)O. The van der Waals surface area contributed by atoms with E-state index >= 15 is 0 Å². The highest BCUT2D eigenvalue weighted by Crippen LogP contribution is 1.87. The maximum atomic E-state index is 10.4. The highest BCUT2D eigenvalue weighted by molar-refractivity contribution is 7.76. The lowest BCUT2D eigenvalue weighted by Gasteiger charge is -2.17. The van der Waals surface area contributed by atoms with Crippen molar-refractivity contribution in [2.45, 2.75) is 6.92 Å². The van der Waals surface area contributed by atoms with Gasteiger partial charge in [0.15, 0.2) is 0 Å². The zero-order chi connectivity index (χ0) is 8.85. The summed E-state index contributed by atoms with van der Waals surface area (Å²) in [6.07, 6.45) is 0. The van der Waals surface area contributed by atoms with E-state index in [0.29, 0.717) is 6.54 Å². The van der Waals surface area contributed by atoms with E-state index in [2.05, 4.69) is 11.8 Å². The van der Waals surface area contributed by atoms with Crippen LogP contribution in [0, 0.1) is 0 Å². The topological polar surface area (TPSA) is 43.8 Å². The molecule has 0 aliphatic heterocycles. The van der Waals surface area contributed by atoms with Crippen LogP contribution in [0.2, 0.25) is 0 Å². The molecule has 68 valence electrons. The zero-order valence-corrected chi connectivity index (χ0v) is 8.10. The molecule has 0 saturated heterocycles. The number of hydrogen-bond donors (Lipinski definition) is 1. The van der Waals surface area contributed by atoms with Crippen molar-refractivity contribution in [3.05, 3.63) is 0 Å². The van der Waals surface area contributed by atoms with Gasteiger partial charge in [0.1, 0.15) is 0 Å². The Hall–Kier alpha value is 0.0300. The normalized spacial score (nSPS) is 14.4. The lowest BCUT2D eigenvalue weighted by molar-refractivity contribution is 0.318. The minimum Gasteiger partial charge on any atom is -0.305 e. The van der Waals surface area contributed by atoms with E-state index < -0.39 is 11.3 Å². The fraction of sp³-hybridized carbons (Fsp3) is 1.00. The lowest BCUT2D eigenvalue weighted by atomic mass is 10.5. The molecule has 0 saturated carbocycles. The Kier molecular flexibility index (Phi) is 5.67. The minimum atomic E-state index is -1.82. The van der Waals surface area contributed by atoms with Gasteiger partial charge in [0.05, 0.1) is 0 Å². The average molecular weight is 180 g/mol. The van der Waals surface area contributed by atoms with Crippen molar-refractivity contribution < 1.29 is 8.76 Å². The molecule has 0 bridgehead atoms. The summed E-state index contributed by atoms with van der Waals surface area (Å²) in [6, 6.07) is 0. The van der Waals surface area contributed by atoms with Crippen LogP contribution in [-0.4, -0.2) is 51.7 Å². The molecule has 4 nitrogen and oxygen atoms in total. The highest BCUT2D eigenvalue weighted by Gasteiger charge is 2.03. The van der Waals surface area contributed by atoms with E-state index in [9.17, 15) is 4.21 Å². The first-order valence-electron chi connectivity index (χ1n) is 3.58. The van der Waals surface area contributed by atoms with Crippen LogP contribution in [-0.2, 0) is 11.3 Å². The van der Waals surface area contributed by atoms with Crippen molar-refractivity contribution >= 4 is 11.3 Å². The second kappa shape index (κ2) is 5.65. The van der Waals surface area contributed by atoms with Crippen LogP contribution in [0.3, 0.4) is 0 Å². The van der Waals surface area contributed by atoms with Crippen molar-refractivity contribution in [2.24, 2.45) is 0 Å². The molecule has 0 rings (SSSR count). The summed E-state index contributed by atoms with van der Waals surface area (Å²) in [5, 5.41) is 0. The van der Waals surface area contributed by atoms with Crippen LogP contribution in [0.25, 0.3) is 0 Å². The highest BCUT2D eigenvalue weighted by atomic mass is 32.2. The lowest BCUT2D eigenvalue weighted by Crippen LogP contribution is -2.31. The van der Waals surface area contributed by atoms with Gasteiger partial charge in [0.25, 0.3) is 0 Å². The Morgan fingerprint density at radius 3 is 2.27 bits per heavy atom. The Morgan fingerprint density at radius 1 is 1.36 bits per heavy atom. The predicted octanol–water partition coefficient (Wildman–Crippen LogP) is 0.00660. The first kappa shape index (κ1) is 11.0. The summed E-state index contributed by atoms with van der Waals surface area (Å²) >= 11 is -1.82. The summed E-state index contributed by atoms with van der Waals surface area (Å²) in [6.45, 7) is 4.45. The van der Waals surface area contributed by atoms with Crippen molar-refractivity contribution in [3.8, 4) is 0 Å². The summed E-state index contributed by atoms with van der Waals surface area (Å²) in [4.78, 5) is 2.09. The van der Waals surface area contributed by atoms with E-state index in [-0.39, 0.29) is 0 Å². The Balaban J connectivity index is 3.45. The molecule has 0 fully saturated rings. The Bertz CT molecular complexity index is 132. The Labute approximate surface area is 70.6 Å². The quantitative estimate of drug-likeness (QED) is 0.606. The van der Waals surface area contributed by atoms with Crippen LogP contribution in [0.15, 0.2) is 0 Å². The molecule has 0 aromatic rings.